The Kier molecular flexibility index (Phi) is 6.84. The quantitative estimate of drug-likeness (QED) is 0.668. The number of methoxy groups -OCH3 is 1. The smallest absolute Gasteiger partial charge is 0.286 e. The summed E-state index contributed by atoms with van der Waals surface area (Å²) < 4.78 is 11.4. The van der Waals surface area contributed by atoms with E-state index in [0.29, 0.717) is 32.0 Å². The van der Waals surface area contributed by atoms with E-state index in [1.807, 2.05) is 0 Å². The molecule has 0 bridgehead atoms. The van der Waals surface area contributed by atoms with Crippen molar-refractivity contribution in [3.63, 3.8) is 0 Å². The Hall–Kier alpha value is -2.48. The Labute approximate surface area is 181 Å². The number of nitrogens with one attached hydrogen (secondary N) is 1. The van der Waals surface area contributed by atoms with Gasteiger partial charge in [-0.2, -0.15) is 4.99 Å². The van der Waals surface area contributed by atoms with E-state index >= 15 is 0 Å². The molecule has 1 aliphatic heterocycles. The normalized spacial score (nSPS) is 14.7. The first-order chi connectivity index (χ1) is 13.9. The summed E-state index contributed by atoms with van der Waals surface area (Å²) in [6.45, 7) is 1.53. The van der Waals surface area contributed by atoms with Gasteiger partial charge in [0.15, 0.2) is 16.7 Å². The van der Waals surface area contributed by atoms with Crippen LogP contribution >= 0.6 is 35.0 Å². The minimum absolute atomic E-state index is 0.182. The maximum absolute atomic E-state index is 12.2. The number of rotatable bonds is 5. The van der Waals surface area contributed by atoms with Gasteiger partial charge in [-0.25, -0.2) is 0 Å². The summed E-state index contributed by atoms with van der Waals surface area (Å²) in [4.78, 5) is 27.5. The zero-order valence-corrected chi connectivity index (χ0v) is 17.8. The van der Waals surface area contributed by atoms with Crippen LogP contribution in [0.5, 0.6) is 11.5 Å². The molecule has 1 aliphatic rings. The zero-order chi connectivity index (χ0) is 21.0. The largest absolute Gasteiger partial charge is 0.493 e. The fourth-order valence-corrected chi connectivity index (χ4v) is 3.82. The second-order valence-electron chi connectivity index (χ2n) is 5.92. The van der Waals surface area contributed by atoms with Gasteiger partial charge in [0.2, 0.25) is 5.91 Å². The van der Waals surface area contributed by atoms with Crippen molar-refractivity contribution in [2.45, 2.75) is 13.5 Å². The molecule has 0 aromatic heterocycles. The van der Waals surface area contributed by atoms with Gasteiger partial charge in [-0.15, -0.1) is 0 Å². The van der Waals surface area contributed by atoms with E-state index in [-0.39, 0.29) is 17.7 Å². The molecule has 29 heavy (non-hydrogen) atoms. The van der Waals surface area contributed by atoms with E-state index in [0.717, 1.165) is 17.3 Å². The lowest BCUT2D eigenvalue weighted by atomic mass is 10.1. The van der Waals surface area contributed by atoms with Crippen LogP contribution in [0.3, 0.4) is 0 Å². The highest BCUT2D eigenvalue weighted by Crippen LogP contribution is 2.36. The number of halogens is 2. The third kappa shape index (κ3) is 5.32. The van der Waals surface area contributed by atoms with E-state index < -0.39 is 5.91 Å². The Balaban J connectivity index is 1.87. The number of ether oxygens (including phenoxy) is 2. The number of hydrogen-bond acceptors (Lipinski definition) is 5. The number of thioether (sulfide) groups is 1. The van der Waals surface area contributed by atoms with Crippen molar-refractivity contribution < 1.29 is 19.1 Å². The number of aliphatic imine (C=N–C) groups is 1. The zero-order valence-electron chi connectivity index (χ0n) is 15.5. The average molecular weight is 451 g/mol. The first-order valence-corrected chi connectivity index (χ1v) is 9.98. The van der Waals surface area contributed by atoms with E-state index in [1.54, 1.807) is 42.5 Å². The lowest BCUT2D eigenvalue weighted by molar-refractivity contribution is -0.117. The van der Waals surface area contributed by atoms with Crippen molar-refractivity contribution in [2.24, 2.45) is 4.99 Å². The molecule has 0 saturated carbocycles. The number of hydrogen-bond donors (Lipinski definition) is 1. The first-order valence-electron chi connectivity index (χ1n) is 8.41. The molecule has 0 aliphatic carbocycles. The Morgan fingerprint density at radius 2 is 2.07 bits per heavy atom. The summed E-state index contributed by atoms with van der Waals surface area (Å²) in [5.74, 6) is 0.224. The predicted molar refractivity (Wildman–Crippen MR) is 116 cm³/mol. The lowest BCUT2D eigenvalue weighted by Gasteiger charge is -2.14. The molecule has 2 amide bonds. The summed E-state index contributed by atoms with van der Waals surface area (Å²) in [6.07, 6.45) is 1.65. The van der Waals surface area contributed by atoms with Crippen LogP contribution in [0.4, 0.5) is 0 Å². The molecule has 0 fully saturated rings. The van der Waals surface area contributed by atoms with Gasteiger partial charge >= 0.3 is 0 Å². The molecule has 3 rings (SSSR count). The van der Waals surface area contributed by atoms with Gasteiger partial charge in [0.25, 0.3) is 5.91 Å². The van der Waals surface area contributed by atoms with Crippen LogP contribution in [-0.2, 0) is 16.2 Å². The van der Waals surface area contributed by atoms with Crippen molar-refractivity contribution in [3.05, 3.63) is 62.5 Å². The second-order valence-corrected chi connectivity index (χ2v) is 7.79. The average Bonchev–Trinajstić information content (AvgIpc) is 2.99. The van der Waals surface area contributed by atoms with Crippen molar-refractivity contribution in [3.8, 4) is 11.5 Å². The molecule has 0 spiro atoms. The Morgan fingerprint density at radius 3 is 2.76 bits per heavy atom. The van der Waals surface area contributed by atoms with E-state index in [9.17, 15) is 9.59 Å². The van der Waals surface area contributed by atoms with Gasteiger partial charge in [0.1, 0.15) is 6.61 Å². The molecule has 150 valence electrons. The summed E-state index contributed by atoms with van der Waals surface area (Å²) in [6, 6.07) is 10.5. The summed E-state index contributed by atoms with van der Waals surface area (Å²) >= 11 is 13.2. The molecule has 2 aromatic carbocycles. The van der Waals surface area contributed by atoms with Gasteiger partial charge in [0.05, 0.1) is 12.0 Å². The summed E-state index contributed by atoms with van der Waals surface area (Å²) in [5.41, 5.74) is 1.38. The highest BCUT2D eigenvalue weighted by Gasteiger charge is 2.23. The van der Waals surface area contributed by atoms with Crippen molar-refractivity contribution in [1.82, 2.24) is 5.32 Å². The second kappa shape index (κ2) is 9.35. The SMILES string of the molecule is COc1cccc(/C=C2\SC(NC(C)=O)=NC2=O)c1OCc1ccc(Cl)cc1Cl. The number of amidine groups is 1. The number of nitrogens with zero attached hydrogens (tertiary/aromatic N) is 1. The van der Waals surface area contributed by atoms with Crippen LogP contribution in [0.1, 0.15) is 18.1 Å². The molecule has 1 heterocycles. The fourth-order valence-electron chi connectivity index (χ4n) is 2.50. The van der Waals surface area contributed by atoms with Crippen LogP contribution in [0.2, 0.25) is 10.0 Å². The van der Waals surface area contributed by atoms with Crippen LogP contribution < -0.4 is 14.8 Å². The number of carbonyl (C=O) groups excluding carboxylic acids is 2. The van der Waals surface area contributed by atoms with E-state index in [2.05, 4.69) is 10.3 Å². The number of para-hydroxylation sites is 1. The number of benzene rings is 2. The molecular weight excluding hydrogens is 435 g/mol. The van der Waals surface area contributed by atoms with Crippen LogP contribution in [0, 0.1) is 0 Å². The fraction of sp³-hybridized carbons (Fsp3) is 0.150. The number of amides is 2. The monoisotopic (exact) mass is 450 g/mol. The van der Waals surface area contributed by atoms with Gasteiger partial charge in [-0.05, 0) is 36.0 Å². The van der Waals surface area contributed by atoms with Crippen molar-refractivity contribution in [2.75, 3.05) is 7.11 Å². The highest BCUT2D eigenvalue weighted by molar-refractivity contribution is 8.18. The van der Waals surface area contributed by atoms with Crippen molar-refractivity contribution in [1.29, 1.82) is 0 Å². The highest BCUT2D eigenvalue weighted by atomic mass is 35.5. The van der Waals surface area contributed by atoms with Crippen LogP contribution in [0.15, 0.2) is 46.3 Å². The summed E-state index contributed by atoms with van der Waals surface area (Å²) in [5, 5.41) is 3.78. The molecule has 6 nitrogen and oxygen atoms in total. The molecular formula is C20H16Cl2N2O4S. The maximum Gasteiger partial charge on any atom is 0.286 e. The Morgan fingerprint density at radius 1 is 1.28 bits per heavy atom. The van der Waals surface area contributed by atoms with Crippen LogP contribution in [0.25, 0.3) is 6.08 Å². The van der Waals surface area contributed by atoms with Gasteiger partial charge in [-0.3, -0.25) is 9.59 Å². The molecule has 0 unspecified atom stereocenters. The summed E-state index contributed by atoms with van der Waals surface area (Å²) in [7, 11) is 1.53. The van der Waals surface area contributed by atoms with E-state index in [4.69, 9.17) is 32.7 Å². The molecule has 0 saturated heterocycles. The molecule has 0 radical (unpaired) electrons. The molecule has 0 atom stereocenters. The molecule has 1 N–H and O–H groups in total. The third-order valence-corrected chi connectivity index (χ3v) is 5.29. The van der Waals surface area contributed by atoms with Gasteiger partial charge in [0, 0.05) is 28.1 Å². The van der Waals surface area contributed by atoms with E-state index in [1.165, 1.54) is 14.0 Å². The topological polar surface area (TPSA) is 77.0 Å². The minimum atomic E-state index is -0.437. The standard InChI is InChI=1S/C20H16Cl2N2O4S/c1-11(25)23-20-24-19(26)17(29-20)8-12-4-3-5-16(27-2)18(12)28-10-13-6-7-14(21)9-15(13)22/h3-9H,10H2,1-2H3,(H,23,24,25,26)/b17-8-. The number of carbonyl (C=O) groups is 2. The van der Waals surface area contributed by atoms with Gasteiger partial charge < -0.3 is 14.8 Å². The maximum atomic E-state index is 12.2. The van der Waals surface area contributed by atoms with Crippen molar-refractivity contribution >= 4 is 58.0 Å². The minimum Gasteiger partial charge on any atom is -0.493 e. The predicted octanol–water partition coefficient (Wildman–Crippen LogP) is 4.69. The van der Waals surface area contributed by atoms with Gasteiger partial charge in [-0.1, -0.05) is 41.4 Å². The third-order valence-electron chi connectivity index (χ3n) is 3.81. The Bertz CT molecular complexity index is 1040. The lowest BCUT2D eigenvalue weighted by Crippen LogP contribution is -2.23. The van der Waals surface area contributed by atoms with Crippen LogP contribution in [-0.4, -0.2) is 24.1 Å². The first kappa shape index (κ1) is 21.2. The molecule has 9 heteroatoms. The molecule has 2 aromatic rings.